The van der Waals surface area contributed by atoms with Crippen molar-refractivity contribution in [2.45, 2.75) is 12.6 Å². The fourth-order valence-corrected chi connectivity index (χ4v) is 1.21. The van der Waals surface area contributed by atoms with E-state index in [0.717, 1.165) is 5.56 Å². The Morgan fingerprint density at radius 3 is 2.80 bits per heavy atom. The highest BCUT2D eigenvalue weighted by Crippen LogP contribution is 2.15. The molecule has 0 amide bonds. The normalized spacial score (nSPS) is 12.8. The Labute approximate surface area is 92.5 Å². The molecule has 1 aromatic rings. The summed E-state index contributed by atoms with van der Waals surface area (Å²) in [4.78, 5) is 0. The van der Waals surface area contributed by atoms with E-state index in [4.69, 9.17) is 21.8 Å². The third-order valence-corrected chi connectivity index (χ3v) is 2.21. The molecule has 0 spiro atoms. The Bertz CT molecular complexity index is 322. The molecule has 5 heteroatoms. The molecule has 84 valence electrons. The van der Waals surface area contributed by atoms with E-state index in [-0.39, 0.29) is 18.2 Å². The zero-order valence-electron chi connectivity index (χ0n) is 8.08. The molecule has 0 aliphatic heterocycles. The second-order valence-electron chi connectivity index (χ2n) is 3.22. The van der Waals surface area contributed by atoms with Crippen molar-refractivity contribution in [2.75, 3.05) is 13.2 Å². The maximum Gasteiger partial charge on any atom is 0.142 e. The van der Waals surface area contributed by atoms with Crippen molar-refractivity contribution in [2.24, 2.45) is 0 Å². The van der Waals surface area contributed by atoms with Gasteiger partial charge >= 0.3 is 0 Å². The van der Waals surface area contributed by atoms with Gasteiger partial charge in [0.25, 0.3) is 0 Å². The van der Waals surface area contributed by atoms with E-state index in [9.17, 15) is 4.39 Å². The second-order valence-corrected chi connectivity index (χ2v) is 3.62. The van der Waals surface area contributed by atoms with Gasteiger partial charge in [0.2, 0.25) is 0 Å². The van der Waals surface area contributed by atoms with Gasteiger partial charge in [0.1, 0.15) is 5.82 Å². The Hall–Kier alpha value is -0.680. The lowest BCUT2D eigenvalue weighted by Crippen LogP contribution is -2.28. The molecule has 1 unspecified atom stereocenters. The SMILES string of the molecule is OCC(O)CNCc1ccc(Cl)c(F)c1. The molecule has 0 saturated heterocycles. The molecular weight excluding hydrogens is 221 g/mol. The molecular formula is C10H13ClFNO2. The van der Waals surface area contributed by atoms with Gasteiger partial charge in [-0.15, -0.1) is 0 Å². The van der Waals surface area contributed by atoms with Crippen LogP contribution in [0.2, 0.25) is 5.02 Å². The smallest absolute Gasteiger partial charge is 0.142 e. The largest absolute Gasteiger partial charge is 0.394 e. The van der Waals surface area contributed by atoms with Gasteiger partial charge in [-0.05, 0) is 17.7 Å². The van der Waals surface area contributed by atoms with Crippen LogP contribution in [0.25, 0.3) is 0 Å². The first-order chi connectivity index (χ1) is 7.13. The van der Waals surface area contributed by atoms with E-state index >= 15 is 0 Å². The Balaban J connectivity index is 2.41. The number of hydrogen-bond donors (Lipinski definition) is 3. The summed E-state index contributed by atoms with van der Waals surface area (Å²) >= 11 is 5.52. The molecule has 1 rings (SSSR count). The molecule has 0 aliphatic carbocycles. The van der Waals surface area contributed by atoms with Crippen molar-refractivity contribution in [1.29, 1.82) is 0 Å². The molecule has 0 aromatic heterocycles. The van der Waals surface area contributed by atoms with Crippen LogP contribution >= 0.6 is 11.6 Å². The molecule has 0 saturated carbocycles. The van der Waals surface area contributed by atoms with E-state index in [1.807, 2.05) is 0 Å². The topological polar surface area (TPSA) is 52.5 Å². The van der Waals surface area contributed by atoms with Gasteiger partial charge in [0.15, 0.2) is 0 Å². The molecule has 3 nitrogen and oxygen atoms in total. The zero-order valence-corrected chi connectivity index (χ0v) is 8.84. The predicted molar refractivity (Wildman–Crippen MR) is 56.2 cm³/mol. The molecule has 0 heterocycles. The van der Waals surface area contributed by atoms with Crippen LogP contribution in [-0.2, 0) is 6.54 Å². The van der Waals surface area contributed by atoms with Gasteiger partial charge in [-0.1, -0.05) is 17.7 Å². The van der Waals surface area contributed by atoms with E-state index in [0.29, 0.717) is 6.54 Å². The highest BCUT2D eigenvalue weighted by molar-refractivity contribution is 6.30. The summed E-state index contributed by atoms with van der Waals surface area (Å²) in [5.41, 5.74) is 0.738. The van der Waals surface area contributed by atoms with Crippen molar-refractivity contribution >= 4 is 11.6 Å². The average molecular weight is 234 g/mol. The molecule has 3 N–H and O–H groups in total. The van der Waals surface area contributed by atoms with E-state index in [1.54, 1.807) is 6.07 Å². The summed E-state index contributed by atoms with van der Waals surface area (Å²) in [5.74, 6) is -0.460. The Morgan fingerprint density at radius 1 is 1.47 bits per heavy atom. The standard InChI is InChI=1S/C10H13ClFNO2/c11-9-2-1-7(3-10(9)12)4-13-5-8(15)6-14/h1-3,8,13-15H,4-6H2. The van der Waals surface area contributed by atoms with Crippen LogP contribution in [0.1, 0.15) is 5.56 Å². The van der Waals surface area contributed by atoms with E-state index in [1.165, 1.54) is 12.1 Å². The average Bonchev–Trinajstić information content (AvgIpc) is 2.23. The summed E-state index contributed by atoms with van der Waals surface area (Å²) in [6, 6.07) is 4.51. The van der Waals surface area contributed by atoms with Crippen molar-refractivity contribution in [3.63, 3.8) is 0 Å². The highest BCUT2D eigenvalue weighted by atomic mass is 35.5. The number of rotatable bonds is 5. The summed E-state index contributed by atoms with van der Waals surface area (Å²) in [6.07, 6.45) is -0.790. The third-order valence-electron chi connectivity index (χ3n) is 1.90. The van der Waals surface area contributed by atoms with E-state index in [2.05, 4.69) is 5.32 Å². The highest BCUT2D eigenvalue weighted by Gasteiger charge is 2.03. The van der Waals surface area contributed by atoms with Crippen LogP contribution in [0.15, 0.2) is 18.2 Å². The molecule has 0 radical (unpaired) electrons. The number of halogens is 2. The molecule has 1 aromatic carbocycles. The minimum Gasteiger partial charge on any atom is -0.394 e. The quantitative estimate of drug-likeness (QED) is 0.709. The lowest BCUT2D eigenvalue weighted by Gasteiger charge is -2.09. The Morgan fingerprint density at radius 2 is 2.20 bits per heavy atom. The minimum atomic E-state index is -0.790. The van der Waals surface area contributed by atoms with Crippen LogP contribution in [0, 0.1) is 5.82 Å². The first kappa shape index (κ1) is 12.4. The van der Waals surface area contributed by atoms with Gasteiger partial charge in [0.05, 0.1) is 17.7 Å². The van der Waals surface area contributed by atoms with E-state index < -0.39 is 11.9 Å². The first-order valence-electron chi connectivity index (χ1n) is 4.57. The van der Waals surface area contributed by atoms with Crippen LogP contribution in [0.5, 0.6) is 0 Å². The number of benzene rings is 1. The molecule has 1 atom stereocenters. The van der Waals surface area contributed by atoms with Crippen LogP contribution in [-0.4, -0.2) is 29.5 Å². The van der Waals surface area contributed by atoms with Crippen molar-refractivity contribution in [1.82, 2.24) is 5.32 Å². The van der Waals surface area contributed by atoms with Crippen LogP contribution in [0.4, 0.5) is 4.39 Å². The van der Waals surface area contributed by atoms with Crippen LogP contribution < -0.4 is 5.32 Å². The van der Waals surface area contributed by atoms with Gasteiger partial charge < -0.3 is 15.5 Å². The number of hydrogen-bond acceptors (Lipinski definition) is 3. The summed E-state index contributed by atoms with van der Waals surface area (Å²) in [6.45, 7) is 0.397. The molecule has 15 heavy (non-hydrogen) atoms. The van der Waals surface area contributed by atoms with Crippen LogP contribution in [0.3, 0.4) is 0 Å². The third kappa shape index (κ3) is 4.13. The maximum absolute atomic E-state index is 13.0. The summed E-state index contributed by atoms with van der Waals surface area (Å²) < 4.78 is 13.0. The van der Waals surface area contributed by atoms with Crippen molar-refractivity contribution in [3.8, 4) is 0 Å². The maximum atomic E-state index is 13.0. The number of nitrogens with one attached hydrogen (secondary N) is 1. The molecule has 0 fully saturated rings. The lowest BCUT2D eigenvalue weighted by molar-refractivity contribution is 0.0942. The minimum absolute atomic E-state index is 0.0918. The van der Waals surface area contributed by atoms with Gasteiger partial charge in [-0.25, -0.2) is 4.39 Å². The van der Waals surface area contributed by atoms with Gasteiger partial charge in [-0.3, -0.25) is 0 Å². The van der Waals surface area contributed by atoms with Gasteiger partial charge in [-0.2, -0.15) is 0 Å². The first-order valence-corrected chi connectivity index (χ1v) is 4.95. The van der Waals surface area contributed by atoms with Gasteiger partial charge in [0, 0.05) is 13.1 Å². The number of aliphatic hydroxyl groups excluding tert-OH is 2. The monoisotopic (exact) mass is 233 g/mol. The summed E-state index contributed by atoms with van der Waals surface area (Å²) in [7, 11) is 0. The summed E-state index contributed by atoms with van der Waals surface area (Å²) in [5, 5.41) is 20.5. The molecule has 0 bridgehead atoms. The number of aliphatic hydroxyl groups is 2. The van der Waals surface area contributed by atoms with Crippen molar-refractivity contribution in [3.05, 3.63) is 34.6 Å². The Kier molecular flexibility index (Phi) is 4.98. The molecule has 0 aliphatic rings. The fraction of sp³-hybridized carbons (Fsp3) is 0.400. The fourth-order valence-electron chi connectivity index (χ4n) is 1.10. The zero-order chi connectivity index (χ0) is 11.3. The predicted octanol–water partition coefficient (Wildman–Crippen LogP) is 0.922. The lowest BCUT2D eigenvalue weighted by atomic mass is 10.2. The second kappa shape index (κ2) is 6.02. The van der Waals surface area contributed by atoms with Crippen molar-refractivity contribution < 1.29 is 14.6 Å².